The summed E-state index contributed by atoms with van der Waals surface area (Å²) in [5.74, 6) is 0. The molecule has 15 heavy (non-hydrogen) atoms. The average Bonchev–Trinajstić information content (AvgIpc) is 2.17. The SMILES string of the molecule is ON=C1CCN(CCCC(F)(F)F)CC1. The molecule has 88 valence electrons. The first kappa shape index (κ1) is 12.3. The van der Waals surface area contributed by atoms with Crippen molar-refractivity contribution < 1.29 is 18.4 Å². The Morgan fingerprint density at radius 2 is 1.87 bits per heavy atom. The van der Waals surface area contributed by atoms with Crippen LogP contribution in [0.5, 0.6) is 0 Å². The van der Waals surface area contributed by atoms with Gasteiger partial charge in [0, 0.05) is 32.4 Å². The van der Waals surface area contributed by atoms with E-state index < -0.39 is 12.6 Å². The van der Waals surface area contributed by atoms with Crippen LogP contribution in [0.2, 0.25) is 0 Å². The molecule has 0 aromatic carbocycles. The number of likely N-dealkylation sites (tertiary alicyclic amines) is 1. The minimum Gasteiger partial charge on any atom is -0.411 e. The Labute approximate surface area is 86.6 Å². The highest BCUT2D eigenvalue weighted by molar-refractivity contribution is 5.84. The molecule has 6 heteroatoms. The zero-order chi connectivity index (χ0) is 11.3. The summed E-state index contributed by atoms with van der Waals surface area (Å²) in [5.41, 5.74) is 0.738. The van der Waals surface area contributed by atoms with Crippen LogP contribution >= 0.6 is 0 Å². The van der Waals surface area contributed by atoms with Crippen LogP contribution in [0.15, 0.2) is 5.16 Å². The fraction of sp³-hybridized carbons (Fsp3) is 0.889. The molecule has 0 radical (unpaired) electrons. The van der Waals surface area contributed by atoms with Crippen molar-refractivity contribution in [2.24, 2.45) is 5.16 Å². The molecule has 1 rings (SSSR count). The van der Waals surface area contributed by atoms with Crippen molar-refractivity contribution in [1.82, 2.24) is 4.90 Å². The standard InChI is InChI=1S/C9H15F3N2O/c10-9(11,12)4-1-5-14-6-2-8(13-15)3-7-14/h15H,1-7H2. The molecule has 0 saturated carbocycles. The Balaban J connectivity index is 2.14. The Morgan fingerprint density at radius 3 is 2.33 bits per heavy atom. The quantitative estimate of drug-likeness (QED) is 0.589. The van der Waals surface area contributed by atoms with Gasteiger partial charge in [-0.15, -0.1) is 0 Å². The topological polar surface area (TPSA) is 35.8 Å². The molecule has 1 saturated heterocycles. The van der Waals surface area contributed by atoms with Crippen molar-refractivity contribution in [3.05, 3.63) is 0 Å². The van der Waals surface area contributed by atoms with Crippen LogP contribution in [0.3, 0.4) is 0 Å². The Bertz CT molecular complexity index is 218. The smallest absolute Gasteiger partial charge is 0.389 e. The highest BCUT2D eigenvalue weighted by Gasteiger charge is 2.26. The van der Waals surface area contributed by atoms with Gasteiger partial charge in [0.1, 0.15) is 0 Å². The molecular weight excluding hydrogens is 209 g/mol. The lowest BCUT2D eigenvalue weighted by Gasteiger charge is -2.26. The number of rotatable bonds is 3. The number of hydrogen-bond donors (Lipinski definition) is 1. The van der Waals surface area contributed by atoms with E-state index in [4.69, 9.17) is 5.21 Å². The summed E-state index contributed by atoms with van der Waals surface area (Å²) >= 11 is 0. The zero-order valence-corrected chi connectivity index (χ0v) is 8.43. The Kier molecular flexibility index (Phi) is 4.38. The van der Waals surface area contributed by atoms with E-state index in [-0.39, 0.29) is 6.42 Å². The lowest BCUT2D eigenvalue weighted by Crippen LogP contribution is -2.35. The highest BCUT2D eigenvalue weighted by atomic mass is 19.4. The first-order valence-corrected chi connectivity index (χ1v) is 5.00. The monoisotopic (exact) mass is 224 g/mol. The predicted molar refractivity (Wildman–Crippen MR) is 50.2 cm³/mol. The van der Waals surface area contributed by atoms with Gasteiger partial charge in [0.05, 0.1) is 5.71 Å². The van der Waals surface area contributed by atoms with Gasteiger partial charge in [-0.3, -0.25) is 0 Å². The van der Waals surface area contributed by atoms with Gasteiger partial charge in [0.2, 0.25) is 0 Å². The number of halogens is 3. The van der Waals surface area contributed by atoms with Crippen LogP contribution in [-0.4, -0.2) is 41.6 Å². The fourth-order valence-corrected chi connectivity index (χ4v) is 1.64. The third kappa shape index (κ3) is 5.01. The van der Waals surface area contributed by atoms with E-state index in [0.29, 0.717) is 32.5 Å². The number of nitrogens with zero attached hydrogens (tertiary/aromatic N) is 2. The summed E-state index contributed by atoms with van der Waals surface area (Å²) < 4.78 is 35.6. The zero-order valence-electron chi connectivity index (χ0n) is 8.43. The predicted octanol–water partition coefficient (Wildman–Crippen LogP) is 2.25. The minimum atomic E-state index is -4.05. The largest absolute Gasteiger partial charge is 0.411 e. The molecule has 1 aliphatic heterocycles. The summed E-state index contributed by atoms with van der Waals surface area (Å²) in [7, 11) is 0. The van der Waals surface area contributed by atoms with Crippen molar-refractivity contribution in [3.63, 3.8) is 0 Å². The third-order valence-corrected chi connectivity index (χ3v) is 2.51. The van der Waals surface area contributed by atoms with Gasteiger partial charge in [0.15, 0.2) is 0 Å². The van der Waals surface area contributed by atoms with Crippen LogP contribution in [0.1, 0.15) is 25.7 Å². The van der Waals surface area contributed by atoms with E-state index in [1.807, 2.05) is 4.90 Å². The molecule has 0 spiro atoms. The van der Waals surface area contributed by atoms with E-state index >= 15 is 0 Å². The summed E-state index contributed by atoms with van der Waals surface area (Å²) in [6, 6.07) is 0. The van der Waals surface area contributed by atoms with Crippen LogP contribution in [-0.2, 0) is 0 Å². The van der Waals surface area contributed by atoms with E-state index in [9.17, 15) is 13.2 Å². The molecule has 0 aliphatic carbocycles. The molecule has 1 aliphatic rings. The van der Waals surface area contributed by atoms with Gasteiger partial charge in [-0.05, 0) is 13.0 Å². The maximum Gasteiger partial charge on any atom is 0.389 e. The molecule has 3 nitrogen and oxygen atoms in total. The summed E-state index contributed by atoms with van der Waals surface area (Å²) in [4.78, 5) is 1.97. The molecule has 0 aromatic heterocycles. The van der Waals surface area contributed by atoms with E-state index in [1.165, 1.54) is 0 Å². The van der Waals surface area contributed by atoms with Crippen LogP contribution in [0.4, 0.5) is 13.2 Å². The first-order valence-electron chi connectivity index (χ1n) is 5.00. The van der Waals surface area contributed by atoms with Crippen LogP contribution < -0.4 is 0 Å². The molecule has 0 unspecified atom stereocenters. The third-order valence-electron chi connectivity index (χ3n) is 2.51. The first-order chi connectivity index (χ1) is 7.01. The van der Waals surface area contributed by atoms with Gasteiger partial charge in [-0.2, -0.15) is 13.2 Å². The number of hydrogen-bond acceptors (Lipinski definition) is 3. The molecular formula is C9H15F3N2O. The lowest BCUT2D eigenvalue weighted by atomic mass is 10.1. The van der Waals surface area contributed by atoms with E-state index in [2.05, 4.69) is 5.16 Å². The van der Waals surface area contributed by atoms with Crippen molar-refractivity contribution >= 4 is 5.71 Å². The van der Waals surface area contributed by atoms with E-state index in [0.717, 1.165) is 5.71 Å². The maximum absolute atomic E-state index is 11.9. The molecule has 0 bridgehead atoms. The van der Waals surface area contributed by atoms with Gasteiger partial charge < -0.3 is 10.1 Å². The van der Waals surface area contributed by atoms with Crippen molar-refractivity contribution in [2.45, 2.75) is 31.9 Å². The Hall–Kier alpha value is -0.780. The molecule has 0 amide bonds. The second-order valence-electron chi connectivity index (χ2n) is 3.73. The minimum absolute atomic E-state index is 0.148. The van der Waals surface area contributed by atoms with Gasteiger partial charge in [0.25, 0.3) is 0 Å². The summed E-state index contributed by atoms with van der Waals surface area (Å²) in [6.07, 6.45) is -3.31. The van der Waals surface area contributed by atoms with Crippen molar-refractivity contribution in [3.8, 4) is 0 Å². The Morgan fingerprint density at radius 1 is 1.27 bits per heavy atom. The van der Waals surface area contributed by atoms with Crippen LogP contribution in [0, 0.1) is 0 Å². The van der Waals surface area contributed by atoms with Gasteiger partial charge in [-0.25, -0.2) is 0 Å². The maximum atomic E-state index is 11.9. The second kappa shape index (κ2) is 5.34. The van der Waals surface area contributed by atoms with Crippen molar-refractivity contribution in [2.75, 3.05) is 19.6 Å². The number of piperidine rings is 1. The second-order valence-corrected chi connectivity index (χ2v) is 3.73. The molecule has 1 fully saturated rings. The molecule has 0 aromatic rings. The fourth-order valence-electron chi connectivity index (χ4n) is 1.64. The van der Waals surface area contributed by atoms with Gasteiger partial charge >= 0.3 is 6.18 Å². The highest BCUT2D eigenvalue weighted by Crippen LogP contribution is 2.21. The summed E-state index contributed by atoms with van der Waals surface area (Å²) in [5, 5.41) is 11.6. The van der Waals surface area contributed by atoms with Crippen molar-refractivity contribution in [1.29, 1.82) is 0 Å². The number of oxime groups is 1. The molecule has 1 N–H and O–H groups in total. The van der Waals surface area contributed by atoms with Crippen LogP contribution in [0.25, 0.3) is 0 Å². The average molecular weight is 224 g/mol. The molecule has 1 heterocycles. The normalized spacial score (nSPS) is 19.3. The molecule has 0 atom stereocenters. The van der Waals surface area contributed by atoms with Gasteiger partial charge in [-0.1, -0.05) is 5.16 Å². The lowest BCUT2D eigenvalue weighted by molar-refractivity contribution is -0.136. The summed E-state index contributed by atoms with van der Waals surface area (Å²) in [6.45, 7) is 1.85. The van der Waals surface area contributed by atoms with E-state index in [1.54, 1.807) is 0 Å². The number of alkyl halides is 3.